The summed E-state index contributed by atoms with van der Waals surface area (Å²) in [5.74, 6) is 0.714. The highest BCUT2D eigenvalue weighted by atomic mass is 32.2. The summed E-state index contributed by atoms with van der Waals surface area (Å²) < 4.78 is 1.71. The molecule has 2 N–H and O–H groups in total. The fraction of sp³-hybridized carbons (Fsp3) is 0.308. The van der Waals surface area contributed by atoms with E-state index in [1.807, 2.05) is 37.4 Å². The van der Waals surface area contributed by atoms with Crippen LogP contribution in [0.15, 0.2) is 41.8 Å². The van der Waals surface area contributed by atoms with Crippen molar-refractivity contribution in [3.8, 4) is 6.07 Å². The Kier molecular flexibility index (Phi) is 4.20. The van der Waals surface area contributed by atoms with E-state index in [4.69, 9.17) is 5.73 Å². The fourth-order valence-corrected chi connectivity index (χ4v) is 2.68. The molecule has 5 nitrogen and oxygen atoms in total. The summed E-state index contributed by atoms with van der Waals surface area (Å²) >= 11 is 1.55. The number of aryl methyl sites for hydroxylation is 1. The molecule has 0 amide bonds. The molecule has 0 aliphatic carbocycles. The number of nitrogens with zero attached hydrogens (tertiary/aromatic N) is 4. The lowest BCUT2D eigenvalue weighted by Gasteiger charge is -2.21. The monoisotopic (exact) mass is 273 g/mol. The summed E-state index contributed by atoms with van der Waals surface area (Å²) in [6.45, 7) is 0. The number of benzene rings is 1. The van der Waals surface area contributed by atoms with Crippen molar-refractivity contribution in [3.63, 3.8) is 0 Å². The third-order valence-corrected chi connectivity index (χ3v) is 3.92. The molecule has 2 rings (SSSR count). The molecule has 98 valence electrons. The topological polar surface area (TPSA) is 80.5 Å². The second-order valence-corrected chi connectivity index (χ2v) is 5.28. The van der Waals surface area contributed by atoms with Gasteiger partial charge in [-0.05, 0) is 12.0 Å². The predicted octanol–water partition coefficient (Wildman–Crippen LogP) is 1.68. The Balaban J connectivity index is 2.01. The van der Waals surface area contributed by atoms with Crippen molar-refractivity contribution in [1.29, 1.82) is 5.26 Å². The molecule has 1 unspecified atom stereocenters. The van der Waals surface area contributed by atoms with Crippen molar-refractivity contribution in [3.05, 3.63) is 42.2 Å². The van der Waals surface area contributed by atoms with Crippen molar-refractivity contribution in [2.24, 2.45) is 12.8 Å². The highest BCUT2D eigenvalue weighted by Crippen LogP contribution is 2.25. The van der Waals surface area contributed by atoms with E-state index in [-0.39, 0.29) is 0 Å². The Labute approximate surface area is 116 Å². The maximum absolute atomic E-state index is 9.33. The molecule has 19 heavy (non-hydrogen) atoms. The van der Waals surface area contributed by atoms with Crippen molar-refractivity contribution in [2.45, 2.75) is 17.1 Å². The van der Waals surface area contributed by atoms with Crippen LogP contribution in [0.1, 0.15) is 12.0 Å². The molecule has 1 heterocycles. The number of nitriles is 1. The Morgan fingerprint density at radius 3 is 2.74 bits per heavy atom. The van der Waals surface area contributed by atoms with Crippen LogP contribution in [-0.4, -0.2) is 20.5 Å². The summed E-state index contributed by atoms with van der Waals surface area (Å²) in [4.78, 5) is 4.13. The molecule has 1 aromatic heterocycles. The van der Waals surface area contributed by atoms with Gasteiger partial charge >= 0.3 is 0 Å². The molecule has 1 atom stereocenters. The molecule has 0 aliphatic rings. The van der Waals surface area contributed by atoms with Crippen molar-refractivity contribution in [1.82, 2.24) is 14.8 Å². The zero-order chi connectivity index (χ0) is 13.7. The number of thioether (sulfide) groups is 1. The lowest BCUT2D eigenvalue weighted by atomic mass is 9.90. The van der Waals surface area contributed by atoms with E-state index in [2.05, 4.69) is 16.2 Å². The van der Waals surface area contributed by atoms with Gasteiger partial charge in [-0.25, -0.2) is 9.67 Å². The Morgan fingerprint density at radius 2 is 2.16 bits per heavy atom. The minimum absolute atomic E-state index is 0.561. The number of hydrogen-bond donors (Lipinski definition) is 1. The van der Waals surface area contributed by atoms with Crippen molar-refractivity contribution >= 4 is 11.8 Å². The Bertz CT molecular complexity index is 574. The van der Waals surface area contributed by atoms with Gasteiger partial charge in [0.25, 0.3) is 0 Å². The smallest absolute Gasteiger partial charge is 0.185 e. The lowest BCUT2D eigenvalue weighted by molar-refractivity contribution is 0.559. The first kappa shape index (κ1) is 13.6. The molecule has 6 heteroatoms. The summed E-state index contributed by atoms with van der Waals surface area (Å²) in [6.07, 6.45) is 2.07. The van der Waals surface area contributed by atoms with Gasteiger partial charge in [-0.2, -0.15) is 10.4 Å². The third kappa shape index (κ3) is 3.13. The van der Waals surface area contributed by atoms with Gasteiger partial charge in [0.05, 0.1) is 6.07 Å². The highest BCUT2D eigenvalue weighted by Gasteiger charge is 2.26. The third-order valence-electron chi connectivity index (χ3n) is 2.89. The van der Waals surface area contributed by atoms with Gasteiger partial charge in [-0.1, -0.05) is 42.1 Å². The summed E-state index contributed by atoms with van der Waals surface area (Å²) in [7, 11) is 1.84. The number of hydrogen-bond acceptors (Lipinski definition) is 5. The van der Waals surface area contributed by atoms with Gasteiger partial charge in [0, 0.05) is 12.8 Å². The molecular weight excluding hydrogens is 258 g/mol. The SMILES string of the molecule is Cn1ncnc1SCCC(N)(C#N)c1ccccc1. The van der Waals surface area contributed by atoms with E-state index in [9.17, 15) is 5.26 Å². The average molecular weight is 273 g/mol. The molecule has 0 fully saturated rings. The molecule has 0 saturated heterocycles. The molecule has 2 aromatic rings. The van der Waals surface area contributed by atoms with Gasteiger partial charge < -0.3 is 5.73 Å². The van der Waals surface area contributed by atoms with E-state index in [1.165, 1.54) is 6.33 Å². The van der Waals surface area contributed by atoms with Crippen LogP contribution in [0.5, 0.6) is 0 Å². The maximum Gasteiger partial charge on any atom is 0.185 e. The standard InChI is InChI=1S/C13H15N5S/c1-18-12(16-10-17-18)19-8-7-13(15,9-14)11-5-3-2-4-6-11/h2-6,10H,7-8,15H2,1H3. The first-order valence-electron chi connectivity index (χ1n) is 5.88. The van der Waals surface area contributed by atoms with Crippen LogP contribution >= 0.6 is 11.8 Å². The minimum atomic E-state index is -0.952. The molecule has 0 radical (unpaired) electrons. The van der Waals surface area contributed by atoms with Crippen molar-refractivity contribution in [2.75, 3.05) is 5.75 Å². The van der Waals surface area contributed by atoms with Crippen molar-refractivity contribution < 1.29 is 0 Å². The number of nitrogens with two attached hydrogens (primary N) is 1. The summed E-state index contributed by atoms with van der Waals surface area (Å²) in [5, 5.41) is 14.2. The van der Waals surface area contributed by atoms with Crippen LogP contribution in [0.4, 0.5) is 0 Å². The van der Waals surface area contributed by atoms with E-state index in [0.717, 1.165) is 10.7 Å². The molecular formula is C13H15N5S. The van der Waals surface area contributed by atoms with Crippen LogP contribution in [0.3, 0.4) is 0 Å². The second kappa shape index (κ2) is 5.87. The van der Waals surface area contributed by atoms with E-state index in [0.29, 0.717) is 12.2 Å². The quantitative estimate of drug-likeness (QED) is 0.838. The van der Waals surface area contributed by atoms with Gasteiger partial charge in [-0.15, -0.1) is 0 Å². The van der Waals surface area contributed by atoms with Gasteiger partial charge in [-0.3, -0.25) is 0 Å². The normalized spacial score (nSPS) is 13.7. The molecule has 0 saturated carbocycles. The maximum atomic E-state index is 9.33. The van der Waals surface area contributed by atoms with Gasteiger partial charge in [0.1, 0.15) is 11.9 Å². The zero-order valence-corrected chi connectivity index (χ0v) is 11.5. The zero-order valence-electron chi connectivity index (χ0n) is 10.7. The van der Waals surface area contributed by atoms with Crippen LogP contribution in [-0.2, 0) is 12.6 Å². The van der Waals surface area contributed by atoms with Crippen LogP contribution in [0.25, 0.3) is 0 Å². The highest BCUT2D eigenvalue weighted by molar-refractivity contribution is 7.99. The van der Waals surface area contributed by atoms with Crippen LogP contribution in [0.2, 0.25) is 0 Å². The van der Waals surface area contributed by atoms with Crippen LogP contribution < -0.4 is 5.73 Å². The summed E-state index contributed by atoms with van der Waals surface area (Å²) in [6, 6.07) is 11.7. The largest absolute Gasteiger partial charge is 0.310 e. The van der Waals surface area contributed by atoms with E-state index >= 15 is 0 Å². The fourth-order valence-electron chi connectivity index (χ4n) is 1.72. The van der Waals surface area contributed by atoms with Gasteiger partial charge in [0.2, 0.25) is 0 Å². The minimum Gasteiger partial charge on any atom is -0.310 e. The molecule has 0 bridgehead atoms. The first-order chi connectivity index (χ1) is 9.15. The van der Waals surface area contributed by atoms with E-state index in [1.54, 1.807) is 16.4 Å². The Hall–Kier alpha value is -1.84. The lowest BCUT2D eigenvalue weighted by Crippen LogP contribution is -2.35. The molecule has 0 spiro atoms. The Morgan fingerprint density at radius 1 is 1.42 bits per heavy atom. The first-order valence-corrected chi connectivity index (χ1v) is 6.87. The van der Waals surface area contributed by atoms with Gasteiger partial charge in [0.15, 0.2) is 5.16 Å². The van der Waals surface area contributed by atoms with E-state index < -0.39 is 5.54 Å². The molecule has 0 aliphatic heterocycles. The van der Waals surface area contributed by atoms with Crippen LogP contribution in [0, 0.1) is 11.3 Å². The molecule has 1 aromatic carbocycles. The summed E-state index contributed by atoms with van der Waals surface area (Å²) in [5.41, 5.74) is 6.07. The number of rotatable bonds is 5. The average Bonchev–Trinajstić information content (AvgIpc) is 2.85. The predicted molar refractivity (Wildman–Crippen MR) is 74.3 cm³/mol. The second-order valence-electron chi connectivity index (χ2n) is 4.21. The number of aromatic nitrogens is 3.